The molecule has 35 heavy (non-hydrogen) atoms. The van der Waals surface area contributed by atoms with Gasteiger partial charge < -0.3 is 20.6 Å². The molecule has 15 heteroatoms. The van der Waals surface area contributed by atoms with E-state index in [1.54, 1.807) is 0 Å². The molecule has 1 fully saturated rings. The number of hydrogen-bond donors (Lipinski definition) is 5. The standard InChI is InChI=1S/C20H50O5S5Si5/c1-31(16-6-11-26)21-32(2,17-7-12-27)23-34(4,19-9-14-29)25-35(5,20-10-15-30)24-33(3,22-31)18-8-13-28/h26-30H,6-20H2,1-5H3. The van der Waals surface area contributed by atoms with Gasteiger partial charge in [0.15, 0.2) is 0 Å². The highest BCUT2D eigenvalue weighted by molar-refractivity contribution is 7.80. The molecular formula is C20H50O5S5Si5. The monoisotopic (exact) mass is 670 g/mol. The van der Waals surface area contributed by atoms with Crippen LogP contribution in [-0.4, -0.2) is 71.6 Å². The van der Waals surface area contributed by atoms with Gasteiger partial charge in [0.1, 0.15) is 0 Å². The van der Waals surface area contributed by atoms with Crippen LogP contribution in [0.3, 0.4) is 0 Å². The predicted octanol–water partition coefficient (Wildman–Crippen LogP) is 7.04. The van der Waals surface area contributed by atoms with Crippen LogP contribution < -0.4 is 0 Å². The van der Waals surface area contributed by atoms with Gasteiger partial charge in [0.05, 0.1) is 0 Å². The molecule has 0 aromatic rings. The summed E-state index contributed by atoms with van der Waals surface area (Å²) in [5.41, 5.74) is 0. The van der Waals surface area contributed by atoms with Crippen LogP contribution in [0.15, 0.2) is 0 Å². The zero-order valence-corrected chi connectivity index (χ0v) is 31.9. The van der Waals surface area contributed by atoms with Gasteiger partial charge in [0.25, 0.3) is 0 Å². The number of hydrogen-bond acceptors (Lipinski definition) is 10. The van der Waals surface area contributed by atoms with E-state index in [1.165, 1.54) is 0 Å². The molecule has 0 aromatic carbocycles. The zero-order valence-electron chi connectivity index (χ0n) is 22.4. The van der Waals surface area contributed by atoms with E-state index in [2.05, 4.69) is 95.9 Å². The molecule has 0 unspecified atom stereocenters. The van der Waals surface area contributed by atoms with Crippen LogP contribution in [0, 0.1) is 0 Å². The molecule has 1 aliphatic rings. The maximum Gasteiger partial charge on any atom is 0.317 e. The van der Waals surface area contributed by atoms with Crippen molar-refractivity contribution in [1.29, 1.82) is 0 Å². The summed E-state index contributed by atoms with van der Waals surface area (Å²) in [5.74, 6) is 4.06. The summed E-state index contributed by atoms with van der Waals surface area (Å²) in [7, 11) is -13.1. The zero-order chi connectivity index (χ0) is 26.6. The smallest absolute Gasteiger partial charge is 0.317 e. The van der Waals surface area contributed by atoms with Gasteiger partial charge in [0.2, 0.25) is 0 Å². The van der Waals surface area contributed by atoms with Crippen molar-refractivity contribution in [3.63, 3.8) is 0 Å². The average molecular weight is 671 g/mol. The third kappa shape index (κ3) is 13.2. The summed E-state index contributed by atoms with van der Waals surface area (Å²) in [4.78, 5) is 0. The first-order valence-electron chi connectivity index (χ1n) is 12.9. The van der Waals surface area contributed by atoms with E-state index in [-0.39, 0.29) is 0 Å². The van der Waals surface area contributed by atoms with Gasteiger partial charge in [-0.1, -0.05) is 0 Å². The lowest BCUT2D eigenvalue weighted by atomic mass is 10.6. The minimum Gasteiger partial charge on any atom is -0.416 e. The molecule has 0 atom stereocenters. The molecule has 0 bridgehead atoms. The van der Waals surface area contributed by atoms with Gasteiger partial charge in [0, 0.05) is 0 Å². The molecule has 1 saturated heterocycles. The molecular weight excluding hydrogens is 621 g/mol. The second kappa shape index (κ2) is 16.8. The summed E-state index contributed by atoms with van der Waals surface area (Å²) in [6.07, 6.45) is 4.79. The molecule has 0 N–H and O–H groups in total. The van der Waals surface area contributed by atoms with E-state index in [0.29, 0.717) is 0 Å². The van der Waals surface area contributed by atoms with Crippen molar-refractivity contribution in [2.45, 2.75) is 95.1 Å². The van der Waals surface area contributed by atoms with Crippen LogP contribution in [0.5, 0.6) is 0 Å². The average Bonchev–Trinajstić information content (AvgIpc) is 2.76. The van der Waals surface area contributed by atoms with Crippen molar-refractivity contribution < 1.29 is 20.6 Å². The Balaban J connectivity index is 3.62. The van der Waals surface area contributed by atoms with E-state index in [9.17, 15) is 0 Å². The minimum absolute atomic E-state index is 0.812. The van der Waals surface area contributed by atoms with Crippen LogP contribution in [-0.2, 0) is 20.6 Å². The summed E-state index contributed by atoms with van der Waals surface area (Å²) in [5, 5.41) is 0. The first-order chi connectivity index (χ1) is 16.3. The van der Waals surface area contributed by atoms with Crippen molar-refractivity contribution in [3.8, 4) is 0 Å². The molecule has 0 aliphatic carbocycles. The SMILES string of the molecule is C[Si]1(CCCS)O[Si](C)(CCCS)O[Si](C)(CCCS)O[Si](C)(CCCS)O[Si](C)(CCCS)O1. The molecule has 1 heterocycles. The van der Waals surface area contributed by atoms with Crippen molar-refractivity contribution in [2.24, 2.45) is 0 Å². The van der Waals surface area contributed by atoms with Crippen LogP contribution >= 0.6 is 63.1 Å². The fraction of sp³-hybridized carbons (Fsp3) is 1.00. The quantitative estimate of drug-likeness (QED) is 0.0956. The van der Waals surface area contributed by atoms with Gasteiger partial charge in [-0.25, -0.2) is 0 Å². The van der Waals surface area contributed by atoms with E-state index in [0.717, 1.165) is 91.1 Å². The minimum atomic E-state index is -2.62. The van der Waals surface area contributed by atoms with Crippen molar-refractivity contribution >= 4 is 106 Å². The second-order valence-electron chi connectivity index (χ2n) is 10.3. The number of rotatable bonds is 15. The van der Waals surface area contributed by atoms with E-state index >= 15 is 0 Å². The van der Waals surface area contributed by atoms with Crippen LogP contribution in [0.4, 0.5) is 0 Å². The summed E-state index contributed by atoms with van der Waals surface area (Å²) in [6, 6.07) is 4.45. The first kappa shape index (κ1) is 35.7. The Morgan fingerprint density at radius 3 is 0.600 bits per heavy atom. The van der Waals surface area contributed by atoms with Crippen LogP contribution in [0.1, 0.15) is 32.1 Å². The highest BCUT2D eigenvalue weighted by Crippen LogP contribution is 2.39. The van der Waals surface area contributed by atoms with Crippen molar-refractivity contribution in [2.75, 3.05) is 28.8 Å². The lowest BCUT2D eigenvalue weighted by molar-refractivity contribution is 0.222. The maximum atomic E-state index is 7.15. The molecule has 0 aromatic heterocycles. The van der Waals surface area contributed by atoms with Gasteiger partial charge in [-0.05, 0) is 124 Å². The van der Waals surface area contributed by atoms with E-state index in [1.807, 2.05) is 0 Å². The Morgan fingerprint density at radius 2 is 0.486 bits per heavy atom. The predicted molar refractivity (Wildman–Crippen MR) is 180 cm³/mol. The molecule has 0 spiro atoms. The van der Waals surface area contributed by atoms with E-state index in [4.69, 9.17) is 20.6 Å². The van der Waals surface area contributed by atoms with Crippen molar-refractivity contribution in [3.05, 3.63) is 0 Å². The lowest BCUT2D eigenvalue weighted by Crippen LogP contribution is -2.67. The maximum absolute atomic E-state index is 7.15. The van der Waals surface area contributed by atoms with Crippen LogP contribution in [0.2, 0.25) is 63.0 Å². The van der Waals surface area contributed by atoms with Gasteiger partial charge in [-0.15, -0.1) is 0 Å². The Morgan fingerprint density at radius 1 is 0.343 bits per heavy atom. The Kier molecular flexibility index (Phi) is 17.1. The Hall–Kier alpha value is 2.63. The molecule has 1 rings (SSSR count). The summed E-state index contributed by atoms with van der Waals surface area (Å²) >= 11 is 22.5. The fourth-order valence-corrected chi connectivity index (χ4v) is 36.3. The molecule has 1 aliphatic heterocycles. The van der Waals surface area contributed by atoms with E-state index < -0.39 is 42.8 Å². The fourth-order valence-electron chi connectivity index (χ4n) is 4.90. The molecule has 5 nitrogen and oxygen atoms in total. The highest BCUT2D eigenvalue weighted by atomic mass is 32.1. The Bertz CT molecular complexity index is 487. The molecule has 0 saturated carbocycles. The summed E-state index contributed by atoms with van der Waals surface area (Å²) in [6.45, 7) is 11.1. The molecule has 210 valence electrons. The summed E-state index contributed by atoms with van der Waals surface area (Å²) < 4.78 is 35.7. The number of thiol groups is 5. The van der Waals surface area contributed by atoms with Crippen LogP contribution in [0.25, 0.3) is 0 Å². The normalized spacial score (nSPS) is 36.9. The van der Waals surface area contributed by atoms with Gasteiger partial charge >= 0.3 is 42.8 Å². The van der Waals surface area contributed by atoms with Crippen molar-refractivity contribution in [1.82, 2.24) is 0 Å². The highest BCUT2D eigenvalue weighted by Gasteiger charge is 2.56. The Labute approximate surface area is 248 Å². The largest absolute Gasteiger partial charge is 0.416 e. The molecule has 0 radical (unpaired) electrons. The lowest BCUT2D eigenvalue weighted by Gasteiger charge is -2.50. The molecule has 0 amide bonds. The third-order valence-electron chi connectivity index (χ3n) is 6.10. The van der Waals surface area contributed by atoms with Gasteiger partial charge in [-0.3, -0.25) is 0 Å². The first-order valence-corrected chi connectivity index (χ1v) is 28.7. The third-order valence-corrected chi connectivity index (χ3v) is 31.3. The topological polar surface area (TPSA) is 46.2 Å². The second-order valence-corrected chi connectivity index (χ2v) is 30.5. The van der Waals surface area contributed by atoms with Gasteiger partial charge in [-0.2, -0.15) is 63.1 Å².